The van der Waals surface area contributed by atoms with Crippen molar-refractivity contribution >= 4 is 5.91 Å². The molecular weight excluding hydrogens is 342 g/mol. The lowest BCUT2D eigenvalue weighted by atomic mass is 9.97. The average Bonchev–Trinajstić information content (AvgIpc) is 3.03. The maximum Gasteiger partial charge on any atom is 0.316 e. The number of hydrogen-bond donors (Lipinski definition) is 1. The van der Waals surface area contributed by atoms with E-state index in [2.05, 4.69) is 16.9 Å². The first-order chi connectivity index (χ1) is 12.8. The molecule has 2 atom stereocenters. The summed E-state index contributed by atoms with van der Waals surface area (Å²) in [4.78, 5) is 22.8. The van der Waals surface area contributed by atoms with E-state index < -0.39 is 5.60 Å². The lowest BCUT2D eigenvalue weighted by Crippen LogP contribution is -2.41. The number of β-amino-alcohol motifs (C(OH)–C–C–N with tert-alkyl or cyclic N) is 1. The SMILES string of the molecule is Cc1cc(C)nc(OC[C@@]2(O)CCN(C(=O)C[C@H](C)c3ccccc3)C2)n1. The van der Waals surface area contributed by atoms with E-state index in [1.807, 2.05) is 50.2 Å². The smallest absolute Gasteiger partial charge is 0.316 e. The van der Waals surface area contributed by atoms with Crippen LogP contribution in [0.5, 0.6) is 6.01 Å². The van der Waals surface area contributed by atoms with Gasteiger partial charge in [0.2, 0.25) is 5.91 Å². The highest BCUT2D eigenvalue weighted by atomic mass is 16.5. The van der Waals surface area contributed by atoms with Crippen LogP contribution in [0.15, 0.2) is 36.4 Å². The number of nitrogens with zero attached hydrogens (tertiary/aromatic N) is 3. The molecule has 1 amide bonds. The zero-order valence-electron chi connectivity index (χ0n) is 16.2. The van der Waals surface area contributed by atoms with Crippen LogP contribution in [0.2, 0.25) is 0 Å². The second kappa shape index (κ2) is 8.05. The Morgan fingerprint density at radius 3 is 2.59 bits per heavy atom. The van der Waals surface area contributed by atoms with Crippen LogP contribution < -0.4 is 4.74 Å². The number of ether oxygens (including phenoxy) is 1. The number of carbonyl (C=O) groups excluding carboxylic acids is 1. The van der Waals surface area contributed by atoms with Crippen molar-refractivity contribution in [2.45, 2.75) is 45.1 Å². The molecule has 1 aromatic heterocycles. The first kappa shape index (κ1) is 19.3. The number of aryl methyl sites for hydroxylation is 2. The van der Waals surface area contributed by atoms with E-state index in [0.717, 1.165) is 17.0 Å². The van der Waals surface area contributed by atoms with Crippen LogP contribution >= 0.6 is 0 Å². The van der Waals surface area contributed by atoms with Gasteiger partial charge in [-0.25, -0.2) is 9.97 Å². The fourth-order valence-corrected chi connectivity index (χ4v) is 3.43. The number of benzene rings is 1. The first-order valence-corrected chi connectivity index (χ1v) is 9.35. The highest BCUT2D eigenvalue weighted by molar-refractivity contribution is 5.77. The van der Waals surface area contributed by atoms with Crippen LogP contribution in [-0.2, 0) is 4.79 Å². The number of aromatic nitrogens is 2. The Balaban J connectivity index is 1.54. The summed E-state index contributed by atoms with van der Waals surface area (Å²) in [5.74, 6) is 0.206. The maximum atomic E-state index is 12.6. The molecule has 0 spiro atoms. The summed E-state index contributed by atoms with van der Waals surface area (Å²) >= 11 is 0. The molecule has 1 aromatic carbocycles. The van der Waals surface area contributed by atoms with Crippen LogP contribution in [0.3, 0.4) is 0 Å². The Morgan fingerprint density at radius 1 is 1.26 bits per heavy atom. The molecule has 144 valence electrons. The monoisotopic (exact) mass is 369 g/mol. The van der Waals surface area contributed by atoms with Gasteiger partial charge in [0, 0.05) is 24.4 Å². The van der Waals surface area contributed by atoms with E-state index in [-0.39, 0.29) is 31.0 Å². The van der Waals surface area contributed by atoms with Gasteiger partial charge in [-0.3, -0.25) is 4.79 Å². The van der Waals surface area contributed by atoms with E-state index in [0.29, 0.717) is 19.4 Å². The lowest BCUT2D eigenvalue weighted by molar-refractivity contribution is -0.131. The van der Waals surface area contributed by atoms with Crippen molar-refractivity contribution in [1.29, 1.82) is 0 Å². The van der Waals surface area contributed by atoms with Gasteiger partial charge in [0.1, 0.15) is 12.2 Å². The normalized spacial score (nSPS) is 20.5. The van der Waals surface area contributed by atoms with Gasteiger partial charge < -0.3 is 14.7 Å². The van der Waals surface area contributed by atoms with Gasteiger partial charge in [-0.05, 0) is 37.8 Å². The molecule has 1 fully saturated rings. The molecular formula is C21H27N3O3. The molecule has 0 unspecified atom stereocenters. The minimum Gasteiger partial charge on any atom is -0.460 e. The van der Waals surface area contributed by atoms with Crippen molar-refractivity contribution in [3.8, 4) is 6.01 Å². The Hall–Kier alpha value is -2.47. The summed E-state index contributed by atoms with van der Waals surface area (Å²) in [5, 5.41) is 10.8. The van der Waals surface area contributed by atoms with Crippen molar-refractivity contribution in [1.82, 2.24) is 14.9 Å². The van der Waals surface area contributed by atoms with Crippen molar-refractivity contribution < 1.29 is 14.6 Å². The molecule has 1 aliphatic heterocycles. The van der Waals surface area contributed by atoms with Gasteiger partial charge >= 0.3 is 6.01 Å². The average molecular weight is 369 g/mol. The van der Waals surface area contributed by atoms with Crippen LogP contribution in [0.25, 0.3) is 0 Å². The predicted octanol–water partition coefficient (Wildman–Crippen LogP) is 2.63. The summed E-state index contributed by atoms with van der Waals surface area (Å²) in [6.45, 7) is 6.69. The standard InChI is InChI=1S/C21H27N3O3/c1-15(18-7-5-4-6-8-18)11-19(25)24-10-9-21(26,13-24)14-27-20-22-16(2)12-17(3)23-20/h4-8,12,15,26H,9-11,13-14H2,1-3H3/t15-,21+/m0/s1. The molecule has 0 bridgehead atoms. The summed E-state index contributed by atoms with van der Waals surface area (Å²) in [5.41, 5.74) is 1.73. The fourth-order valence-electron chi connectivity index (χ4n) is 3.43. The molecule has 2 heterocycles. The molecule has 1 saturated heterocycles. The Bertz CT molecular complexity index is 776. The highest BCUT2D eigenvalue weighted by Crippen LogP contribution is 2.26. The largest absolute Gasteiger partial charge is 0.460 e. The molecule has 0 saturated carbocycles. The van der Waals surface area contributed by atoms with E-state index in [4.69, 9.17) is 4.74 Å². The van der Waals surface area contributed by atoms with Crippen LogP contribution in [-0.4, -0.2) is 51.2 Å². The number of rotatable bonds is 6. The minimum absolute atomic E-state index is 0.0601. The van der Waals surface area contributed by atoms with Crippen LogP contribution in [0.1, 0.15) is 42.6 Å². The van der Waals surface area contributed by atoms with E-state index in [9.17, 15) is 9.90 Å². The summed E-state index contributed by atoms with van der Waals surface area (Å²) in [6.07, 6.45) is 0.921. The quantitative estimate of drug-likeness (QED) is 0.847. The topological polar surface area (TPSA) is 75.6 Å². The maximum absolute atomic E-state index is 12.6. The predicted molar refractivity (Wildman–Crippen MR) is 103 cm³/mol. The van der Waals surface area contributed by atoms with Gasteiger partial charge in [-0.15, -0.1) is 0 Å². The third-order valence-electron chi connectivity index (χ3n) is 4.97. The molecule has 1 N–H and O–H groups in total. The van der Waals surface area contributed by atoms with Gasteiger partial charge in [0.25, 0.3) is 0 Å². The third kappa shape index (κ3) is 5.04. The minimum atomic E-state index is -1.06. The van der Waals surface area contributed by atoms with Gasteiger partial charge in [0.05, 0.1) is 6.54 Å². The molecule has 27 heavy (non-hydrogen) atoms. The molecule has 1 aliphatic rings. The second-order valence-electron chi connectivity index (χ2n) is 7.53. The zero-order valence-corrected chi connectivity index (χ0v) is 16.2. The summed E-state index contributed by atoms with van der Waals surface area (Å²) in [6, 6.07) is 12.1. The first-order valence-electron chi connectivity index (χ1n) is 9.35. The van der Waals surface area contributed by atoms with Gasteiger partial charge in [-0.2, -0.15) is 0 Å². The second-order valence-corrected chi connectivity index (χ2v) is 7.53. The Morgan fingerprint density at radius 2 is 1.93 bits per heavy atom. The number of amides is 1. The number of carbonyl (C=O) groups is 1. The van der Waals surface area contributed by atoms with Crippen molar-refractivity contribution in [2.24, 2.45) is 0 Å². The summed E-state index contributed by atoms with van der Waals surface area (Å²) in [7, 11) is 0. The molecule has 6 heteroatoms. The van der Waals surface area contributed by atoms with Crippen molar-refractivity contribution in [3.63, 3.8) is 0 Å². The van der Waals surface area contributed by atoms with Crippen molar-refractivity contribution in [3.05, 3.63) is 53.3 Å². The molecule has 0 radical (unpaired) electrons. The Kier molecular flexibility index (Phi) is 5.75. The van der Waals surface area contributed by atoms with E-state index >= 15 is 0 Å². The van der Waals surface area contributed by atoms with Crippen molar-refractivity contribution in [2.75, 3.05) is 19.7 Å². The van der Waals surface area contributed by atoms with Gasteiger partial charge in [0.15, 0.2) is 0 Å². The van der Waals surface area contributed by atoms with Gasteiger partial charge in [-0.1, -0.05) is 37.3 Å². The third-order valence-corrected chi connectivity index (χ3v) is 4.97. The number of hydrogen-bond acceptors (Lipinski definition) is 5. The Labute approximate surface area is 160 Å². The molecule has 3 rings (SSSR count). The molecule has 6 nitrogen and oxygen atoms in total. The molecule has 0 aliphatic carbocycles. The highest BCUT2D eigenvalue weighted by Gasteiger charge is 2.39. The van der Waals surface area contributed by atoms with Crippen LogP contribution in [0, 0.1) is 13.8 Å². The fraction of sp³-hybridized carbons (Fsp3) is 0.476. The van der Waals surface area contributed by atoms with E-state index in [1.165, 1.54) is 0 Å². The molecule has 2 aromatic rings. The zero-order chi connectivity index (χ0) is 19.4. The lowest BCUT2D eigenvalue weighted by Gasteiger charge is -2.24. The summed E-state index contributed by atoms with van der Waals surface area (Å²) < 4.78 is 5.62. The van der Waals surface area contributed by atoms with Crippen LogP contribution in [0.4, 0.5) is 0 Å². The number of aliphatic hydroxyl groups is 1. The van der Waals surface area contributed by atoms with E-state index in [1.54, 1.807) is 4.90 Å². The number of likely N-dealkylation sites (tertiary alicyclic amines) is 1.